The van der Waals surface area contributed by atoms with Crippen molar-refractivity contribution in [1.82, 2.24) is 19.9 Å². The minimum absolute atomic E-state index is 0. The van der Waals surface area contributed by atoms with Crippen LogP contribution < -0.4 is 35.6 Å². The Morgan fingerprint density at radius 1 is 1.04 bits per heavy atom. The first-order valence-electron chi connectivity index (χ1n) is 15.6. The van der Waals surface area contributed by atoms with Gasteiger partial charge in [0.15, 0.2) is 5.82 Å². The maximum atomic E-state index is 14.2. The number of fused-ring (bicyclic) bond motifs is 1. The van der Waals surface area contributed by atoms with Crippen molar-refractivity contribution in [2.24, 2.45) is 5.92 Å². The van der Waals surface area contributed by atoms with Crippen molar-refractivity contribution in [1.29, 1.82) is 0 Å². The van der Waals surface area contributed by atoms with E-state index in [1.165, 1.54) is 43.4 Å². The number of ether oxygens (including phenoxy) is 2. The Balaban J connectivity index is 0.00000451. The summed E-state index contributed by atoms with van der Waals surface area (Å²) in [6.07, 6.45) is 0.819. The quantitative estimate of drug-likeness (QED) is 0.295. The normalized spacial score (nSPS) is 17.0. The topological polar surface area (TPSA) is 121 Å². The molecule has 0 aliphatic carbocycles. The second kappa shape index (κ2) is 13.7. The zero-order valence-corrected chi connectivity index (χ0v) is 26.6. The molecule has 2 saturated heterocycles. The molecule has 2 N–H and O–H groups in total. The minimum atomic E-state index is -0.820. The van der Waals surface area contributed by atoms with Crippen LogP contribution in [0, 0.1) is 11.7 Å². The number of nitrogens with one attached hydrogen (secondary N) is 2. The van der Waals surface area contributed by atoms with E-state index >= 15 is 0 Å². The predicted octanol–water partition coefficient (Wildman–Crippen LogP) is 3.99. The lowest BCUT2D eigenvalue weighted by molar-refractivity contribution is -0.135. The van der Waals surface area contributed by atoms with Crippen molar-refractivity contribution in [2.45, 2.75) is 19.4 Å². The van der Waals surface area contributed by atoms with Crippen LogP contribution in [0.15, 0.2) is 71.5 Å². The molecule has 2 atom stereocenters. The molecule has 2 fully saturated rings. The van der Waals surface area contributed by atoms with Gasteiger partial charge in [-0.3, -0.25) is 14.5 Å². The number of aromatic nitrogens is 2. The molecular formula is C34H40FN7O5. The van der Waals surface area contributed by atoms with Crippen LogP contribution in [0.3, 0.4) is 0 Å². The Bertz CT molecular complexity index is 1830. The molecule has 2 aliphatic heterocycles. The number of hydrogen-bond acceptors (Lipinski definition) is 8. The molecule has 248 valence electrons. The molecule has 3 heterocycles. The summed E-state index contributed by atoms with van der Waals surface area (Å²) in [5, 5.41) is 8.43. The number of hydrogen-bond donors (Lipinski definition) is 2. The summed E-state index contributed by atoms with van der Waals surface area (Å²) >= 11 is 0. The fourth-order valence-electron chi connectivity index (χ4n) is 6.23. The molecule has 0 radical (unpaired) electrons. The Labute approximate surface area is 273 Å². The van der Waals surface area contributed by atoms with Crippen molar-refractivity contribution in [3.8, 4) is 11.5 Å². The van der Waals surface area contributed by atoms with E-state index in [0.717, 1.165) is 13.0 Å². The number of carbonyl (C=O) groups excluding carboxylic acids is 2. The highest BCUT2D eigenvalue weighted by Gasteiger charge is 2.34. The molecular weight excluding hydrogens is 605 g/mol. The highest BCUT2D eigenvalue weighted by Crippen LogP contribution is 2.37. The van der Waals surface area contributed by atoms with E-state index < -0.39 is 17.9 Å². The Kier molecular flexibility index (Phi) is 9.25. The van der Waals surface area contributed by atoms with Gasteiger partial charge in [0, 0.05) is 32.8 Å². The summed E-state index contributed by atoms with van der Waals surface area (Å²) in [4.78, 5) is 49.8. The summed E-state index contributed by atoms with van der Waals surface area (Å²) in [6, 6.07) is 16.2. The van der Waals surface area contributed by atoms with Crippen LogP contribution in [0.25, 0.3) is 10.9 Å². The zero-order chi connectivity index (χ0) is 33.1. The van der Waals surface area contributed by atoms with Gasteiger partial charge in [0.25, 0.3) is 5.56 Å². The number of para-hydroxylation sites is 1. The highest BCUT2D eigenvalue weighted by molar-refractivity contribution is 6.03. The van der Waals surface area contributed by atoms with Crippen LogP contribution in [0.2, 0.25) is 0 Å². The van der Waals surface area contributed by atoms with Gasteiger partial charge >= 0.3 is 6.03 Å². The van der Waals surface area contributed by atoms with E-state index in [9.17, 15) is 18.8 Å². The largest absolute Gasteiger partial charge is 0.497 e. The van der Waals surface area contributed by atoms with Gasteiger partial charge < -0.3 is 30.0 Å². The van der Waals surface area contributed by atoms with E-state index in [0.29, 0.717) is 72.3 Å². The number of urea groups is 1. The first-order chi connectivity index (χ1) is 22.8. The average molecular weight is 646 g/mol. The average Bonchev–Trinajstić information content (AvgIpc) is 3.64. The van der Waals surface area contributed by atoms with Crippen LogP contribution >= 0.6 is 0 Å². The first kappa shape index (κ1) is 31.8. The summed E-state index contributed by atoms with van der Waals surface area (Å²) < 4.78 is 26.3. The van der Waals surface area contributed by atoms with Gasteiger partial charge in [0.1, 0.15) is 17.3 Å². The van der Waals surface area contributed by atoms with Gasteiger partial charge in [-0.25, -0.2) is 18.8 Å². The van der Waals surface area contributed by atoms with Crippen molar-refractivity contribution in [3.63, 3.8) is 0 Å². The van der Waals surface area contributed by atoms with Gasteiger partial charge in [-0.2, -0.15) is 0 Å². The monoisotopic (exact) mass is 645 g/mol. The number of piperazine rings is 1. The van der Waals surface area contributed by atoms with Crippen molar-refractivity contribution in [2.75, 3.05) is 68.7 Å². The number of carbonyl (C=O) groups is 2. The Hall–Kier alpha value is -5.17. The molecule has 12 nitrogen and oxygen atoms in total. The van der Waals surface area contributed by atoms with Crippen LogP contribution in [-0.2, 0) is 4.79 Å². The maximum absolute atomic E-state index is 14.2. The smallest absolute Gasteiger partial charge is 0.327 e. The number of halogens is 1. The first-order valence-corrected chi connectivity index (χ1v) is 15.6. The van der Waals surface area contributed by atoms with Gasteiger partial charge in [-0.05, 0) is 68.4 Å². The van der Waals surface area contributed by atoms with Crippen molar-refractivity contribution in [3.05, 3.63) is 88.7 Å². The second-order valence-corrected chi connectivity index (χ2v) is 11.6. The molecule has 47 heavy (non-hydrogen) atoms. The second-order valence-electron chi connectivity index (χ2n) is 11.6. The number of amides is 3. The van der Waals surface area contributed by atoms with Crippen LogP contribution in [-0.4, -0.2) is 80.0 Å². The van der Waals surface area contributed by atoms with Gasteiger partial charge in [-0.1, -0.05) is 12.1 Å². The maximum Gasteiger partial charge on any atom is 0.327 e. The summed E-state index contributed by atoms with van der Waals surface area (Å²) in [6.45, 7) is 5.00. The number of benzene rings is 3. The van der Waals surface area contributed by atoms with E-state index in [1.54, 1.807) is 54.1 Å². The number of anilines is 2. The van der Waals surface area contributed by atoms with E-state index in [4.69, 9.17) is 14.5 Å². The summed E-state index contributed by atoms with van der Waals surface area (Å²) in [7, 11) is 3.03. The molecule has 0 saturated carbocycles. The SMILES string of the molecule is COc1ccc(N(C(=O)Nc2ccc(F)cc2)C(C)c2nc3ccccc3c(=O)n2N2CCN(C(=O)C3CCNC3)CC2)c(OC)c1.[HH]. The van der Waals surface area contributed by atoms with Crippen molar-refractivity contribution < 1.29 is 24.9 Å². The molecule has 3 amide bonds. The van der Waals surface area contributed by atoms with E-state index in [-0.39, 0.29) is 18.8 Å². The Morgan fingerprint density at radius 3 is 2.47 bits per heavy atom. The lowest BCUT2D eigenvalue weighted by atomic mass is 10.1. The molecule has 3 aromatic carbocycles. The van der Waals surface area contributed by atoms with Gasteiger partial charge in [0.05, 0.1) is 55.9 Å². The lowest BCUT2D eigenvalue weighted by Crippen LogP contribution is -2.57. The Morgan fingerprint density at radius 2 is 1.79 bits per heavy atom. The molecule has 2 unspecified atom stereocenters. The molecule has 6 rings (SSSR count). The zero-order valence-electron chi connectivity index (χ0n) is 26.6. The highest BCUT2D eigenvalue weighted by atomic mass is 19.1. The minimum Gasteiger partial charge on any atom is -0.497 e. The molecule has 4 aromatic rings. The fraction of sp³-hybridized carbons (Fsp3) is 0.353. The van der Waals surface area contributed by atoms with E-state index in [2.05, 4.69) is 10.6 Å². The van der Waals surface area contributed by atoms with Crippen LogP contribution in [0.4, 0.5) is 20.6 Å². The van der Waals surface area contributed by atoms with Crippen LogP contribution in [0.1, 0.15) is 26.6 Å². The summed E-state index contributed by atoms with van der Waals surface area (Å²) in [5.74, 6) is 0.862. The molecule has 1 aromatic heterocycles. The number of methoxy groups -OCH3 is 2. The van der Waals surface area contributed by atoms with Crippen LogP contribution in [0.5, 0.6) is 11.5 Å². The third kappa shape index (κ3) is 6.43. The van der Waals surface area contributed by atoms with Crippen molar-refractivity contribution >= 4 is 34.2 Å². The van der Waals surface area contributed by atoms with E-state index in [1.807, 2.05) is 9.91 Å². The lowest BCUT2D eigenvalue weighted by Gasteiger charge is -2.39. The third-order valence-electron chi connectivity index (χ3n) is 8.76. The molecule has 0 bridgehead atoms. The molecule has 2 aliphatic rings. The predicted molar refractivity (Wildman–Crippen MR) is 179 cm³/mol. The van der Waals surface area contributed by atoms with Gasteiger partial charge in [-0.15, -0.1) is 0 Å². The summed E-state index contributed by atoms with van der Waals surface area (Å²) in [5.41, 5.74) is 0.981. The standard InChI is InChI=1S/C34H38FN7O5.H2/c1-22(41(29-13-12-26(46-2)20-30(29)47-3)34(45)37-25-10-8-24(35)9-11-25)31-38-28-7-5-4-6-27(28)33(44)42(31)40-18-16-39(17-19-40)32(43)23-14-15-36-21-23;/h4-13,20,22-23,36H,14-19,21H2,1-3H3,(H,37,45);1H. The van der Waals surface area contributed by atoms with Gasteiger partial charge in [0.2, 0.25) is 5.91 Å². The number of nitrogens with zero attached hydrogens (tertiary/aromatic N) is 5. The molecule has 13 heteroatoms. The fourth-order valence-corrected chi connectivity index (χ4v) is 6.23. The molecule has 0 spiro atoms. The third-order valence-corrected chi connectivity index (χ3v) is 8.76. The number of rotatable bonds is 8.